The van der Waals surface area contributed by atoms with Gasteiger partial charge in [0.25, 0.3) is 0 Å². The first-order chi connectivity index (χ1) is 21.5. The Kier molecular flexibility index (Phi) is 7.38. The Morgan fingerprint density at radius 1 is 1.00 bits per heavy atom. The SMILES string of the molecule is CCN(CC)c1ccc([C@H]2c3sc(=O)[nH]c3SC3C4CC(C5C(=O)N(CC(=O)Nc6ccccc6C(F)(F)F)C(=O)C45)C32)cc1. The summed E-state index contributed by atoms with van der Waals surface area (Å²) in [7, 11) is 0. The Morgan fingerprint density at radius 2 is 1.67 bits per heavy atom. The summed E-state index contributed by atoms with van der Waals surface area (Å²) in [5.74, 6) is -3.33. The summed E-state index contributed by atoms with van der Waals surface area (Å²) in [4.78, 5) is 60.0. The van der Waals surface area contributed by atoms with Crippen molar-refractivity contribution in [2.45, 2.75) is 42.6 Å². The maximum absolute atomic E-state index is 13.8. The zero-order valence-corrected chi connectivity index (χ0v) is 26.1. The van der Waals surface area contributed by atoms with E-state index in [9.17, 15) is 32.3 Å². The second-order valence-electron chi connectivity index (χ2n) is 12.1. The molecule has 6 unspecified atom stereocenters. The molecule has 8 nitrogen and oxygen atoms in total. The average Bonchev–Trinajstić information content (AvgIpc) is 3.74. The molecule has 7 rings (SSSR count). The van der Waals surface area contributed by atoms with E-state index in [0.29, 0.717) is 6.42 Å². The number of H-pyrrole nitrogens is 1. The number of rotatable bonds is 7. The van der Waals surface area contributed by atoms with E-state index in [2.05, 4.69) is 53.3 Å². The Labute approximate surface area is 265 Å². The van der Waals surface area contributed by atoms with Crippen LogP contribution in [0, 0.1) is 29.6 Å². The van der Waals surface area contributed by atoms with Crippen molar-refractivity contribution in [3.05, 3.63) is 74.2 Å². The van der Waals surface area contributed by atoms with Gasteiger partial charge in [-0.05, 0) is 67.9 Å². The molecule has 236 valence electrons. The molecular weight excluding hydrogens is 626 g/mol. The largest absolute Gasteiger partial charge is 0.418 e. The minimum Gasteiger partial charge on any atom is -0.372 e. The summed E-state index contributed by atoms with van der Waals surface area (Å²) < 4.78 is 40.4. The molecule has 2 aliphatic carbocycles. The Morgan fingerprint density at radius 3 is 2.33 bits per heavy atom. The summed E-state index contributed by atoms with van der Waals surface area (Å²) in [6.07, 6.45) is -3.98. The normalized spacial score (nSPS) is 28.2. The van der Waals surface area contributed by atoms with Crippen LogP contribution in [0.4, 0.5) is 24.5 Å². The van der Waals surface area contributed by atoms with Gasteiger partial charge in [0.1, 0.15) is 6.54 Å². The van der Waals surface area contributed by atoms with Crippen molar-refractivity contribution in [2.24, 2.45) is 29.6 Å². The highest BCUT2D eigenvalue weighted by molar-refractivity contribution is 8.00. The third-order valence-corrected chi connectivity index (χ3v) is 12.6. The number of carbonyl (C=O) groups is 3. The molecule has 2 bridgehead atoms. The lowest BCUT2D eigenvalue weighted by Crippen LogP contribution is -2.42. The number of thioether (sulfide) groups is 1. The first-order valence-corrected chi connectivity index (χ1v) is 16.8. The van der Waals surface area contributed by atoms with Crippen LogP contribution in [0.25, 0.3) is 0 Å². The van der Waals surface area contributed by atoms with E-state index in [4.69, 9.17) is 0 Å². The third kappa shape index (κ3) is 4.81. The number of alkyl halides is 3. The summed E-state index contributed by atoms with van der Waals surface area (Å²) >= 11 is 2.77. The molecule has 3 aromatic rings. The Hall–Kier alpha value is -3.58. The van der Waals surface area contributed by atoms with Crippen LogP contribution in [0.15, 0.2) is 58.4 Å². The number of nitrogens with zero attached hydrogens (tertiary/aromatic N) is 2. The molecule has 3 heterocycles. The molecule has 3 fully saturated rings. The number of hydrogen-bond acceptors (Lipinski definition) is 7. The first kappa shape index (κ1) is 30.1. The van der Waals surface area contributed by atoms with Crippen molar-refractivity contribution in [3.8, 4) is 0 Å². The van der Waals surface area contributed by atoms with E-state index in [1.54, 1.807) is 11.8 Å². The smallest absolute Gasteiger partial charge is 0.372 e. The van der Waals surface area contributed by atoms with Gasteiger partial charge in [-0.3, -0.25) is 24.1 Å². The number of imide groups is 1. The van der Waals surface area contributed by atoms with E-state index < -0.39 is 53.5 Å². The van der Waals surface area contributed by atoms with Gasteiger partial charge in [0.2, 0.25) is 17.7 Å². The number of benzene rings is 2. The maximum atomic E-state index is 13.8. The fourth-order valence-electron chi connectivity index (χ4n) is 8.26. The number of hydrogen-bond donors (Lipinski definition) is 2. The predicted octanol–water partition coefficient (Wildman–Crippen LogP) is 5.41. The van der Waals surface area contributed by atoms with Crippen LogP contribution < -0.4 is 15.1 Å². The van der Waals surface area contributed by atoms with Gasteiger partial charge in [-0.2, -0.15) is 13.2 Å². The average molecular weight is 657 g/mol. The van der Waals surface area contributed by atoms with Crippen LogP contribution >= 0.6 is 23.1 Å². The van der Waals surface area contributed by atoms with Gasteiger partial charge in [0.15, 0.2) is 0 Å². The van der Waals surface area contributed by atoms with Crippen molar-refractivity contribution < 1.29 is 27.6 Å². The van der Waals surface area contributed by atoms with Crippen molar-refractivity contribution >= 4 is 52.2 Å². The molecule has 4 aliphatic rings. The van der Waals surface area contributed by atoms with E-state index in [1.165, 1.54) is 23.5 Å². The highest BCUT2D eigenvalue weighted by Crippen LogP contribution is 2.68. The maximum Gasteiger partial charge on any atom is 0.418 e. The second kappa shape index (κ2) is 11.0. The highest BCUT2D eigenvalue weighted by atomic mass is 32.2. The van der Waals surface area contributed by atoms with Crippen LogP contribution in [0.2, 0.25) is 0 Å². The lowest BCUT2D eigenvalue weighted by Gasteiger charge is -2.43. The molecule has 2 saturated carbocycles. The number of likely N-dealkylation sites (tertiary alicyclic amines) is 1. The molecule has 1 aromatic heterocycles. The van der Waals surface area contributed by atoms with Gasteiger partial charge < -0.3 is 15.2 Å². The highest BCUT2D eigenvalue weighted by Gasteiger charge is 2.69. The fourth-order valence-corrected chi connectivity index (χ4v) is 11.2. The number of amides is 3. The number of anilines is 2. The molecule has 1 saturated heterocycles. The predicted molar refractivity (Wildman–Crippen MR) is 165 cm³/mol. The zero-order valence-electron chi connectivity index (χ0n) is 24.5. The van der Waals surface area contributed by atoms with Crippen molar-refractivity contribution in [3.63, 3.8) is 0 Å². The molecule has 2 aliphatic heterocycles. The number of nitrogens with one attached hydrogen (secondary N) is 2. The summed E-state index contributed by atoms with van der Waals surface area (Å²) in [6.45, 7) is 5.30. The number of carbonyl (C=O) groups excluding carboxylic acids is 3. The van der Waals surface area contributed by atoms with Crippen molar-refractivity contribution in [1.29, 1.82) is 0 Å². The summed E-state index contributed by atoms with van der Waals surface area (Å²) in [5.41, 5.74) is 0.726. The standard InChI is InChI=1S/C32H31F3N4O4S2/c1-3-38(4-2)16-11-9-15(10-12-16)22-23-17-13-18(26(23)44-28-27(22)45-31(43)37-28)25-24(17)29(41)39(30(25)42)14-21(40)36-20-8-6-5-7-19(20)32(33,34)35/h5-12,17-18,22-26H,3-4,13-14H2,1-2H3,(H,36,40)(H,37,43)/t17?,18?,22-,23?,24?,25?,26?/m1/s1. The topological polar surface area (TPSA) is 103 Å². The number of thiazole rings is 1. The summed E-state index contributed by atoms with van der Waals surface area (Å²) in [5, 5.41) is 3.06. The minimum absolute atomic E-state index is 0.00342. The van der Waals surface area contributed by atoms with Crippen LogP contribution in [0.3, 0.4) is 0 Å². The first-order valence-electron chi connectivity index (χ1n) is 15.1. The van der Waals surface area contributed by atoms with E-state index in [0.717, 1.165) is 51.3 Å². The lowest BCUT2D eigenvalue weighted by molar-refractivity contribution is -0.143. The van der Waals surface area contributed by atoms with Gasteiger partial charge in [-0.1, -0.05) is 35.6 Å². The van der Waals surface area contributed by atoms with Gasteiger partial charge in [-0.15, -0.1) is 11.8 Å². The number of aromatic amines is 1. The van der Waals surface area contributed by atoms with Gasteiger partial charge >= 0.3 is 11.0 Å². The molecule has 45 heavy (non-hydrogen) atoms. The number of fused-ring (bicyclic) bond motifs is 9. The van der Waals surface area contributed by atoms with Crippen LogP contribution in [0.5, 0.6) is 0 Å². The van der Waals surface area contributed by atoms with E-state index >= 15 is 0 Å². The second-order valence-corrected chi connectivity index (χ2v) is 14.3. The Bertz CT molecular complexity index is 1730. The lowest BCUT2D eigenvalue weighted by atomic mass is 9.68. The van der Waals surface area contributed by atoms with Crippen LogP contribution in [0.1, 0.15) is 42.2 Å². The molecule has 2 N–H and O–H groups in total. The van der Waals surface area contributed by atoms with Gasteiger partial charge in [0, 0.05) is 34.8 Å². The van der Waals surface area contributed by atoms with Gasteiger partial charge in [0.05, 0.1) is 28.1 Å². The number of aromatic nitrogens is 1. The van der Waals surface area contributed by atoms with E-state index in [1.807, 2.05) is 0 Å². The molecule has 0 radical (unpaired) electrons. The molecule has 3 amide bonds. The zero-order chi connectivity index (χ0) is 31.8. The monoisotopic (exact) mass is 656 g/mol. The minimum atomic E-state index is -4.68. The number of halogens is 3. The van der Waals surface area contributed by atoms with Gasteiger partial charge in [-0.25, -0.2) is 0 Å². The van der Waals surface area contributed by atoms with Crippen LogP contribution in [-0.2, 0) is 20.6 Å². The quantitative estimate of drug-likeness (QED) is 0.330. The molecule has 2 aromatic carbocycles. The molecule has 13 heteroatoms. The Balaban J connectivity index is 1.17. The van der Waals surface area contributed by atoms with Crippen LogP contribution in [-0.4, -0.2) is 52.5 Å². The van der Waals surface area contributed by atoms with Crippen molar-refractivity contribution in [1.82, 2.24) is 9.88 Å². The fraction of sp³-hybridized carbons (Fsp3) is 0.438. The van der Waals surface area contributed by atoms with E-state index in [-0.39, 0.29) is 33.8 Å². The summed E-state index contributed by atoms with van der Waals surface area (Å²) in [6, 6.07) is 13.0. The molecule has 0 spiro atoms. The third-order valence-electron chi connectivity index (χ3n) is 10.0. The number of para-hydroxylation sites is 1. The molecule has 7 atom stereocenters. The molecular formula is C32H31F3N4O4S2. The van der Waals surface area contributed by atoms with Crippen molar-refractivity contribution in [2.75, 3.05) is 29.9 Å².